The van der Waals surface area contributed by atoms with Gasteiger partial charge in [-0.25, -0.2) is 9.97 Å². The Morgan fingerprint density at radius 1 is 1.15 bits per heavy atom. The molecular weight excluding hydrogens is 351 g/mol. The molecule has 0 amide bonds. The second-order valence-corrected chi connectivity index (χ2v) is 7.93. The molecule has 1 fully saturated rings. The molecule has 2 heterocycles. The predicted molar refractivity (Wildman–Crippen MR) is 98.9 cm³/mol. The normalized spacial score (nSPS) is 21.0. The first-order valence-electron chi connectivity index (χ1n) is 8.76. The van der Waals surface area contributed by atoms with Crippen LogP contribution in [0.5, 0.6) is 0 Å². The van der Waals surface area contributed by atoms with Crippen molar-refractivity contribution in [3.8, 4) is 5.69 Å². The molecule has 1 saturated carbocycles. The van der Waals surface area contributed by atoms with E-state index in [0.29, 0.717) is 29.2 Å². The van der Waals surface area contributed by atoms with Gasteiger partial charge in [0.05, 0.1) is 6.33 Å². The fourth-order valence-electron chi connectivity index (χ4n) is 3.84. The van der Waals surface area contributed by atoms with Crippen LogP contribution in [-0.4, -0.2) is 30.6 Å². The van der Waals surface area contributed by atoms with Crippen LogP contribution in [0, 0.1) is 5.92 Å². The Balaban J connectivity index is 1.51. The molecule has 1 atom stereocenters. The van der Waals surface area contributed by atoms with E-state index in [4.69, 9.17) is 4.89 Å². The molecule has 1 aromatic carbocycles. The number of hydrogen-bond donors (Lipinski definition) is 2. The van der Waals surface area contributed by atoms with Crippen molar-refractivity contribution < 1.29 is 9.46 Å². The molecule has 0 saturated heterocycles. The summed E-state index contributed by atoms with van der Waals surface area (Å²) in [5, 5.41) is 0. The Morgan fingerprint density at radius 2 is 1.88 bits per heavy atom. The van der Waals surface area contributed by atoms with E-state index < -0.39 is 8.03 Å². The second-order valence-electron chi connectivity index (χ2n) is 6.86. The predicted octanol–water partition coefficient (Wildman–Crippen LogP) is 3.12. The Kier molecular flexibility index (Phi) is 4.66. The quantitative estimate of drug-likeness (QED) is 0.686. The van der Waals surface area contributed by atoms with Crippen molar-refractivity contribution in [1.82, 2.24) is 19.5 Å². The number of nitrogens with zero attached hydrogens (tertiary/aromatic N) is 3. The van der Waals surface area contributed by atoms with Gasteiger partial charge in [-0.3, -0.25) is 9.36 Å². The maximum absolute atomic E-state index is 11.8. The van der Waals surface area contributed by atoms with Crippen molar-refractivity contribution in [3.63, 3.8) is 0 Å². The smallest absolute Gasteiger partial charge is 0.311 e. The van der Waals surface area contributed by atoms with Gasteiger partial charge in [0.2, 0.25) is 0 Å². The maximum Gasteiger partial charge on any atom is 0.505 e. The molecule has 7 nitrogen and oxygen atoms in total. The molecular formula is C18H20N4O3P+. The third-order valence-corrected chi connectivity index (χ3v) is 6.07. The molecule has 2 N–H and O–H groups in total. The molecule has 8 heteroatoms. The Hall–Kier alpha value is -2.37. The lowest BCUT2D eigenvalue weighted by Crippen LogP contribution is -2.15. The standard InChI is InChI=1S/C18H19N4O3P/c23-18-16-17(19-10-20-18)22(11-21-16)15-7-5-14(6-8-15)13-3-1-12(2-4-13)9-26(24)25/h5-8,10-13H,1-4,9H2,(H-,19,20,23,24,25)/p+1. The van der Waals surface area contributed by atoms with Crippen LogP contribution in [-0.2, 0) is 4.57 Å². The number of nitrogens with one attached hydrogen (secondary N) is 1. The highest BCUT2D eigenvalue weighted by molar-refractivity contribution is 7.38. The SMILES string of the molecule is O=c1[nH]cnc2c1ncn2-c1ccc(C2CCC(C[P+](=O)O)CC2)cc1. The molecule has 0 radical (unpaired) electrons. The highest BCUT2D eigenvalue weighted by Gasteiger charge is 2.28. The van der Waals surface area contributed by atoms with Crippen LogP contribution < -0.4 is 5.56 Å². The lowest BCUT2D eigenvalue weighted by atomic mass is 9.79. The summed E-state index contributed by atoms with van der Waals surface area (Å²) < 4.78 is 12.8. The van der Waals surface area contributed by atoms with E-state index in [-0.39, 0.29) is 5.56 Å². The molecule has 134 valence electrons. The van der Waals surface area contributed by atoms with Crippen LogP contribution in [0.3, 0.4) is 0 Å². The molecule has 2 aromatic heterocycles. The van der Waals surface area contributed by atoms with Crippen molar-refractivity contribution in [3.05, 3.63) is 52.8 Å². The molecule has 0 aliphatic heterocycles. The zero-order valence-corrected chi connectivity index (χ0v) is 15.1. The van der Waals surface area contributed by atoms with Crippen molar-refractivity contribution in [2.75, 3.05) is 6.16 Å². The summed E-state index contributed by atoms with van der Waals surface area (Å²) in [5.74, 6) is 0.873. The number of aromatic nitrogens is 4. The summed E-state index contributed by atoms with van der Waals surface area (Å²) in [6.07, 6.45) is 7.55. The van der Waals surface area contributed by atoms with Gasteiger partial charge in [-0.2, -0.15) is 4.89 Å². The van der Waals surface area contributed by atoms with Crippen molar-refractivity contribution in [1.29, 1.82) is 0 Å². The van der Waals surface area contributed by atoms with E-state index >= 15 is 0 Å². The number of benzene rings is 1. The largest absolute Gasteiger partial charge is 0.505 e. The van der Waals surface area contributed by atoms with Crippen LogP contribution in [0.2, 0.25) is 0 Å². The van der Waals surface area contributed by atoms with Crippen LogP contribution in [0.15, 0.2) is 41.7 Å². The van der Waals surface area contributed by atoms with Crippen molar-refractivity contribution >= 4 is 19.2 Å². The monoisotopic (exact) mass is 371 g/mol. The minimum absolute atomic E-state index is 0.244. The number of imidazole rings is 1. The number of aromatic amines is 1. The van der Waals surface area contributed by atoms with Gasteiger partial charge in [-0.05, 0) is 53.9 Å². The van der Waals surface area contributed by atoms with E-state index in [1.807, 2.05) is 16.7 Å². The average molecular weight is 371 g/mol. The third-order valence-electron chi connectivity index (χ3n) is 5.24. The molecule has 1 aliphatic carbocycles. The number of rotatable bonds is 4. The van der Waals surface area contributed by atoms with Gasteiger partial charge in [0.15, 0.2) is 17.3 Å². The van der Waals surface area contributed by atoms with E-state index in [1.54, 1.807) is 6.33 Å². The maximum atomic E-state index is 11.8. The minimum atomic E-state index is -2.02. The van der Waals surface area contributed by atoms with Gasteiger partial charge in [0.1, 0.15) is 6.33 Å². The van der Waals surface area contributed by atoms with Gasteiger partial charge in [0.25, 0.3) is 5.56 Å². The summed E-state index contributed by atoms with van der Waals surface area (Å²) >= 11 is 0. The van der Waals surface area contributed by atoms with Gasteiger partial charge >= 0.3 is 8.03 Å². The van der Waals surface area contributed by atoms with E-state index in [2.05, 4.69) is 27.1 Å². The molecule has 1 unspecified atom stereocenters. The van der Waals surface area contributed by atoms with E-state index in [0.717, 1.165) is 31.4 Å². The van der Waals surface area contributed by atoms with E-state index in [9.17, 15) is 9.36 Å². The average Bonchev–Trinajstić information content (AvgIpc) is 3.08. The number of fused-ring (bicyclic) bond motifs is 1. The van der Waals surface area contributed by atoms with Gasteiger partial charge < -0.3 is 4.98 Å². The van der Waals surface area contributed by atoms with Crippen LogP contribution in [0.25, 0.3) is 16.9 Å². The summed E-state index contributed by atoms with van der Waals surface area (Å²) in [7, 11) is -2.02. The van der Waals surface area contributed by atoms with Crippen molar-refractivity contribution in [2.24, 2.45) is 5.92 Å². The molecule has 3 aromatic rings. The lowest BCUT2D eigenvalue weighted by molar-refractivity contribution is 0.344. The van der Waals surface area contributed by atoms with Crippen LogP contribution in [0.1, 0.15) is 37.2 Å². The summed E-state index contributed by atoms with van der Waals surface area (Å²) in [6, 6.07) is 8.28. The highest BCUT2D eigenvalue weighted by Crippen LogP contribution is 2.38. The van der Waals surface area contributed by atoms with E-state index in [1.165, 1.54) is 11.9 Å². The zero-order chi connectivity index (χ0) is 18.1. The Morgan fingerprint density at radius 3 is 2.58 bits per heavy atom. The van der Waals surface area contributed by atoms with Gasteiger partial charge in [-0.1, -0.05) is 12.1 Å². The Labute approximate surface area is 151 Å². The lowest BCUT2D eigenvalue weighted by Gasteiger charge is -2.26. The summed E-state index contributed by atoms with van der Waals surface area (Å²) in [5.41, 5.74) is 2.83. The molecule has 26 heavy (non-hydrogen) atoms. The zero-order valence-electron chi connectivity index (χ0n) is 14.2. The fraction of sp³-hybridized carbons (Fsp3) is 0.389. The minimum Gasteiger partial charge on any atom is -0.311 e. The van der Waals surface area contributed by atoms with Crippen LogP contribution in [0.4, 0.5) is 0 Å². The first kappa shape index (κ1) is 17.1. The summed E-state index contributed by atoms with van der Waals surface area (Å²) in [6.45, 7) is 0. The molecule has 0 bridgehead atoms. The highest BCUT2D eigenvalue weighted by atomic mass is 31.1. The third kappa shape index (κ3) is 3.32. The van der Waals surface area contributed by atoms with Crippen molar-refractivity contribution in [2.45, 2.75) is 31.6 Å². The molecule has 1 aliphatic rings. The summed E-state index contributed by atoms with van der Waals surface area (Å²) in [4.78, 5) is 31.8. The number of hydrogen-bond acceptors (Lipinski definition) is 4. The topological polar surface area (TPSA) is 101 Å². The first-order valence-corrected chi connectivity index (χ1v) is 10.2. The van der Waals surface area contributed by atoms with Gasteiger partial charge in [-0.15, -0.1) is 0 Å². The number of H-pyrrole nitrogens is 1. The Bertz CT molecular complexity index is 988. The molecule has 4 rings (SSSR count). The first-order chi connectivity index (χ1) is 12.6. The van der Waals surface area contributed by atoms with Gasteiger partial charge in [0, 0.05) is 11.6 Å². The van der Waals surface area contributed by atoms with Crippen LogP contribution >= 0.6 is 8.03 Å². The molecule has 0 spiro atoms. The second kappa shape index (κ2) is 7.09. The fourth-order valence-corrected chi connectivity index (χ4v) is 4.65.